The molecule has 2 bridgehead atoms. The number of hydrogen-bond acceptors (Lipinski definition) is 4. The Balaban J connectivity index is 1.33. The summed E-state index contributed by atoms with van der Waals surface area (Å²) in [6, 6.07) is 14.1. The first-order chi connectivity index (χ1) is 11.8. The minimum Gasteiger partial charge on any atom is -0.489 e. The van der Waals surface area contributed by atoms with Gasteiger partial charge in [0.15, 0.2) is 0 Å². The van der Waals surface area contributed by atoms with Crippen LogP contribution in [0.2, 0.25) is 0 Å². The van der Waals surface area contributed by atoms with Gasteiger partial charge in [0, 0.05) is 22.3 Å². The molecular weight excluding hydrogens is 316 g/mol. The molecule has 1 N–H and O–H groups in total. The van der Waals surface area contributed by atoms with E-state index in [0.717, 1.165) is 29.8 Å². The van der Waals surface area contributed by atoms with Gasteiger partial charge in [-0.25, -0.2) is 0 Å². The van der Waals surface area contributed by atoms with Crippen molar-refractivity contribution >= 4 is 21.4 Å². The quantitative estimate of drug-likeness (QED) is 0.757. The molecule has 3 nitrogen and oxygen atoms in total. The fraction of sp³-hybridized carbons (Fsp3) is 0.350. The number of thiophene rings is 1. The van der Waals surface area contributed by atoms with E-state index in [2.05, 4.69) is 52.1 Å². The molecule has 2 aromatic heterocycles. The average Bonchev–Trinajstić information content (AvgIpc) is 3.21. The van der Waals surface area contributed by atoms with E-state index in [4.69, 9.17) is 4.74 Å². The molecule has 5 rings (SSSR count). The maximum Gasteiger partial charge on any atom is 0.138 e. The lowest BCUT2D eigenvalue weighted by Crippen LogP contribution is -2.42. The van der Waals surface area contributed by atoms with Crippen LogP contribution < -0.4 is 10.1 Å². The molecule has 2 aliphatic rings. The van der Waals surface area contributed by atoms with Crippen molar-refractivity contribution in [3.8, 4) is 17.0 Å². The van der Waals surface area contributed by atoms with E-state index in [1.54, 1.807) is 11.3 Å². The zero-order chi connectivity index (χ0) is 15.9. The van der Waals surface area contributed by atoms with Crippen LogP contribution in [-0.2, 0) is 0 Å². The Bertz CT molecular complexity index is 845. The van der Waals surface area contributed by atoms with Crippen molar-refractivity contribution in [2.24, 2.45) is 0 Å². The Morgan fingerprint density at radius 2 is 1.92 bits per heavy atom. The van der Waals surface area contributed by atoms with Crippen molar-refractivity contribution in [3.05, 3.63) is 48.0 Å². The molecule has 1 aromatic carbocycles. The fourth-order valence-corrected chi connectivity index (χ4v) is 4.81. The van der Waals surface area contributed by atoms with E-state index in [0.29, 0.717) is 18.2 Å². The SMILES string of the molecule is c1cc2cc(-c3ccc(OC4C[C@H]5CC[C@@H](C4)N5)cn3)ccc2s1. The molecule has 2 saturated heterocycles. The molecule has 0 radical (unpaired) electrons. The highest BCUT2D eigenvalue weighted by Gasteiger charge is 2.34. The lowest BCUT2D eigenvalue weighted by Gasteiger charge is -2.29. The van der Waals surface area contributed by atoms with E-state index >= 15 is 0 Å². The second kappa shape index (κ2) is 5.87. The zero-order valence-electron chi connectivity index (χ0n) is 13.4. The van der Waals surface area contributed by atoms with Crippen LogP contribution in [0.4, 0.5) is 0 Å². The number of fused-ring (bicyclic) bond motifs is 3. The highest BCUT2D eigenvalue weighted by Crippen LogP contribution is 2.31. The summed E-state index contributed by atoms with van der Waals surface area (Å²) in [5.74, 6) is 0.890. The Hall–Kier alpha value is -1.91. The molecule has 4 heteroatoms. The normalized spacial score (nSPS) is 25.9. The lowest BCUT2D eigenvalue weighted by molar-refractivity contribution is 0.137. The number of nitrogens with zero attached hydrogens (tertiary/aromatic N) is 1. The summed E-state index contributed by atoms with van der Waals surface area (Å²) in [6.45, 7) is 0. The topological polar surface area (TPSA) is 34.1 Å². The van der Waals surface area contributed by atoms with Crippen LogP contribution in [0.3, 0.4) is 0 Å². The van der Waals surface area contributed by atoms with Gasteiger partial charge in [-0.05, 0) is 66.8 Å². The third kappa shape index (κ3) is 2.70. The van der Waals surface area contributed by atoms with Gasteiger partial charge in [0.05, 0.1) is 11.9 Å². The number of rotatable bonds is 3. The summed E-state index contributed by atoms with van der Waals surface area (Å²) in [5.41, 5.74) is 2.16. The van der Waals surface area contributed by atoms with Crippen LogP contribution >= 0.6 is 11.3 Å². The minimum absolute atomic E-state index is 0.332. The van der Waals surface area contributed by atoms with E-state index in [9.17, 15) is 0 Å². The van der Waals surface area contributed by atoms with E-state index in [-0.39, 0.29) is 0 Å². The molecule has 2 aliphatic heterocycles. The van der Waals surface area contributed by atoms with Crippen molar-refractivity contribution < 1.29 is 4.74 Å². The summed E-state index contributed by atoms with van der Waals surface area (Å²) < 4.78 is 7.50. The third-order valence-corrected chi connectivity index (χ3v) is 6.11. The Morgan fingerprint density at radius 3 is 2.71 bits per heavy atom. The van der Waals surface area contributed by atoms with Crippen LogP contribution in [0.1, 0.15) is 25.7 Å². The molecule has 3 atom stereocenters. The van der Waals surface area contributed by atoms with E-state index in [1.165, 1.54) is 22.9 Å². The van der Waals surface area contributed by atoms with Crippen LogP contribution in [0.5, 0.6) is 5.75 Å². The molecule has 0 amide bonds. The van der Waals surface area contributed by atoms with Crippen molar-refractivity contribution in [2.45, 2.75) is 43.9 Å². The zero-order valence-corrected chi connectivity index (χ0v) is 14.3. The third-order valence-electron chi connectivity index (χ3n) is 5.22. The predicted molar refractivity (Wildman–Crippen MR) is 98.7 cm³/mol. The number of piperidine rings is 1. The van der Waals surface area contributed by atoms with Gasteiger partial charge in [-0.3, -0.25) is 4.98 Å². The molecule has 2 fully saturated rings. The van der Waals surface area contributed by atoms with Crippen LogP contribution in [0.15, 0.2) is 48.0 Å². The lowest BCUT2D eigenvalue weighted by atomic mass is 10.0. The second-order valence-corrected chi connectivity index (χ2v) is 7.85. The van der Waals surface area contributed by atoms with Gasteiger partial charge in [-0.15, -0.1) is 11.3 Å². The van der Waals surface area contributed by atoms with Crippen LogP contribution in [0.25, 0.3) is 21.3 Å². The molecule has 0 saturated carbocycles. The first-order valence-corrected chi connectivity index (χ1v) is 9.58. The molecule has 1 unspecified atom stereocenters. The molecule has 0 spiro atoms. The largest absolute Gasteiger partial charge is 0.489 e. The Labute approximate surface area is 145 Å². The van der Waals surface area contributed by atoms with Gasteiger partial charge < -0.3 is 10.1 Å². The molecule has 3 aromatic rings. The first-order valence-electron chi connectivity index (χ1n) is 8.70. The number of pyridine rings is 1. The monoisotopic (exact) mass is 336 g/mol. The highest BCUT2D eigenvalue weighted by molar-refractivity contribution is 7.17. The average molecular weight is 336 g/mol. The van der Waals surface area contributed by atoms with Gasteiger partial charge in [-0.1, -0.05) is 6.07 Å². The van der Waals surface area contributed by atoms with E-state index in [1.807, 2.05) is 6.20 Å². The predicted octanol–water partition coefficient (Wildman–Crippen LogP) is 4.63. The van der Waals surface area contributed by atoms with Crippen LogP contribution in [-0.4, -0.2) is 23.2 Å². The highest BCUT2D eigenvalue weighted by atomic mass is 32.1. The van der Waals surface area contributed by atoms with Gasteiger partial charge in [0.2, 0.25) is 0 Å². The van der Waals surface area contributed by atoms with Crippen molar-refractivity contribution in [2.75, 3.05) is 0 Å². The number of ether oxygens (including phenoxy) is 1. The molecule has 24 heavy (non-hydrogen) atoms. The maximum atomic E-state index is 6.18. The van der Waals surface area contributed by atoms with Gasteiger partial charge in [0.1, 0.15) is 11.9 Å². The van der Waals surface area contributed by atoms with Crippen LogP contribution in [0, 0.1) is 0 Å². The minimum atomic E-state index is 0.332. The molecular formula is C20H20N2OS. The van der Waals surface area contributed by atoms with Gasteiger partial charge in [-0.2, -0.15) is 0 Å². The second-order valence-electron chi connectivity index (χ2n) is 6.90. The Morgan fingerprint density at radius 1 is 1.04 bits per heavy atom. The number of nitrogens with one attached hydrogen (secondary N) is 1. The summed E-state index contributed by atoms with van der Waals surface area (Å²) in [5, 5.41) is 7.07. The summed E-state index contributed by atoms with van der Waals surface area (Å²) in [6.07, 6.45) is 7.04. The number of hydrogen-bond donors (Lipinski definition) is 1. The number of benzene rings is 1. The number of aromatic nitrogens is 1. The standard InChI is InChI=1S/C20H20N2OS/c1-6-20-14(7-8-24-20)9-13(1)19-5-4-17(12-21-19)23-18-10-15-2-3-16(11-18)22-15/h1,4-9,12,15-16,18,22H,2-3,10-11H2/t15-,16+,18?. The smallest absolute Gasteiger partial charge is 0.138 e. The van der Waals surface area contributed by atoms with Crippen molar-refractivity contribution in [1.29, 1.82) is 0 Å². The fourth-order valence-electron chi connectivity index (χ4n) is 4.04. The summed E-state index contributed by atoms with van der Waals surface area (Å²) >= 11 is 1.77. The van der Waals surface area contributed by atoms with Gasteiger partial charge in [0.25, 0.3) is 0 Å². The van der Waals surface area contributed by atoms with Crippen molar-refractivity contribution in [3.63, 3.8) is 0 Å². The van der Waals surface area contributed by atoms with Gasteiger partial charge >= 0.3 is 0 Å². The maximum absolute atomic E-state index is 6.18. The molecule has 4 heterocycles. The molecule has 0 aliphatic carbocycles. The van der Waals surface area contributed by atoms with Crippen molar-refractivity contribution in [1.82, 2.24) is 10.3 Å². The Kier molecular flexibility index (Phi) is 3.53. The summed E-state index contributed by atoms with van der Waals surface area (Å²) in [4.78, 5) is 4.62. The van der Waals surface area contributed by atoms with E-state index < -0.39 is 0 Å². The molecule has 122 valence electrons. The summed E-state index contributed by atoms with van der Waals surface area (Å²) in [7, 11) is 0. The first kappa shape index (κ1) is 14.4.